The minimum atomic E-state index is 0.0538. The summed E-state index contributed by atoms with van der Waals surface area (Å²) in [6, 6.07) is 5.21. The molecule has 20 heavy (non-hydrogen) atoms. The second kappa shape index (κ2) is 6.66. The van der Waals surface area contributed by atoms with Crippen LogP contribution in [-0.4, -0.2) is 42.6 Å². The van der Waals surface area contributed by atoms with Crippen molar-refractivity contribution in [3.05, 3.63) is 28.2 Å². The standard InChI is InChI=1S/C14H18Cl2N2O2/c1-9-7-18(8-10(2)20-9)14(19)6-17-11-3-4-12(15)13(16)5-11/h3-5,9-10,17H,6-8H2,1-2H3. The molecule has 0 spiro atoms. The van der Waals surface area contributed by atoms with Gasteiger partial charge in [-0.05, 0) is 32.0 Å². The number of amides is 1. The van der Waals surface area contributed by atoms with E-state index in [0.717, 1.165) is 5.69 Å². The Morgan fingerprint density at radius 2 is 1.95 bits per heavy atom. The fourth-order valence-electron chi connectivity index (χ4n) is 2.28. The van der Waals surface area contributed by atoms with Gasteiger partial charge in [0.2, 0.25) is 5.91 Å². The number of ether oxygens (including phenoxy) is 1. The normalized spacial score (nSPS) is 22.7. The highest BCUT2D eigenvalue weighted by Gasteiger charge is 2.25. The average molecular weight is 317 g/mol. The molecule has 0 bridgehead atoms. The summed E-state index contributed by atoms with van der Waals surface area (Å²) >= 11 is 11.8. The van der Waals surface area contributed by atoms with Gasteiger partial charge < -0.3 is 15.0 Å². The van der Waals surface area contributed by atoms with Crippen LogP contribution in [0.2, 0.25) is 10.0 Å². The van der Waals surface area contributed by atoms with Crippen LogP contribution in [0.5, 0.6) is 0 Å². The van der Waals surface area contributed by atoms with Crippen molar-refractivity contribution in [1.29, 1.82) is 0 Å². The van der Waals surface area contributed by atoms with Crippen molar-refractivity contribution in [2.75, 3.05) is 25.0 Å². The first-order valence-corrected chi connectivity index (χ1v) is 7.33. The highest BCUT2D eigenvalue weighted by Crippen LogP contribution is 2.24. The molecule has 1 saturated heterocycles. The van der Waals surface area contributed by atoms with Crippen molar-refractivity contribution in [3.63, 3.8) is 0 Å². The summed E-state index contributed by atoms with van der Waals surface area (Å²) < 4.78 is 5.61. The van der Waals surface area contributed by atoms with E-state index < -0.39 is 0 Å². The zero-order chi connectivity index (χ0) is 14.7. The molecule has 0 aromatic heterocycles. The summed E-state index contributed by atoms with van der Waals surface area (Å²) in [4.78, 5) is 14.0. The number of anilines is 1. The van der Waals surface area contributed by atoms with Crippen molar-refractivity contribution >= 4 is 34.8 Å². The van der Waals surface area contributed by atoms with Crippen LogP contribution in [0, 0.1) is 0 Å². The summed E-state index contributed by atoms with van der Waals surface area (Å²) in [5.74, 6) is 0.0538. The largest absolute Gasteiger partial charge is 0.376 e. The first-order valence-electron chi connectivity index (χ1n) is 6.58. The Morgan fingerprint density at radius 1 is 1.30 bits per heavy atom. The van der Waals surface area contributed by atoms with Gasteiger partial charge in [0, 0.05) is 18.8 Å². The molecule has 1 aromatic rings. The fourth-order valence-corrected chi connectivity index (χ4v) is 2.58. The van der Waals surface area contributed by atoms with Crippen molar-refractivity contribution in [3.8, 4) is 0 Å². The van der Waals surface area contributed by atoms with Gasteiger partial charge in [0.15, 0.2) is 0 Å². The average Bonchev–Trinajstić information content (AvgIpc) is 2.38. The van der Waals surface area contributed by atoms with E-state index in [-0.39, 0.29) is 24.7 Å². The van der Waals surface area contributed by atoms with E-state index in [2.05, 4.69) is 5.32 Å². The number of benzene rings is 1. The van der Waals surface area contributed by atoms with E-state index in [4.69, 9.17) is 27.9 Å². The number of carbonyl (C=O) groups excluding carboxylic acids is 1. The molecule has 0 radical (unpaired) electrons. The fraction of sp³-hybridized carbons (Fsp3) is 0.500. The number of hydrogen-bond donors (Lipinski definition) is 1. The van der Waals surface area contributed by atoms with Crippen molar-refractivity contribution in [2.24, 2.45) is 0 Å². The third-order valence-corrected chi connectivity index (χ3v) is 3.87. The zero-order valence-corrected chi connectivity index (χ0v) is 13.0. The highest BCUT2D eigenvalue weighted by atomic mass is 35.5. The summed E-state index contributed by atoms with van der Waals surface area (Å²) in [5.41, 5.74) is 0.780. The van der Waals surface area contributed by atoms with Crippen LogP contribution in [0.1, 0.15) is 13.8 Å². The number of morpholine rings is 1. The van der Waals surface area contributed by atoms with Crippen LogP contribution in [0.4, 0.5) is 5.69 Å². The number of halogens is 2. The Labute approximate surface area is 129 Å². The van der Waals surface area contributed by atoms with Crippen LogP contribution >= 0.6 is 23.2 Å². The molecule has 4 nitrogen and oxygen atoms in total. The quantitative estimate of drug-likeness (QED) is 0.932. The molecule has 6 heteroatoms. The van der Waals surface area contributed by atoms with Crippen LogP contribution < -0.4 is 5.32 Å². The van der Waals surface area contributed by atoms with E-state index in [1.54, 1.807) is 18.2 Å². The summed E-state index contributed by atoms with van der Waals surface area (Å²) in [6.07, 6.45) is 0.153. The molecule has 1 heterocycles. The Hall–Kier alpha value is -0.970. The molecule has 2 rings (SSSR count). The summed E-state index contributed by atoms with van der Waals surface area (Å²) in [7, 11) is 0. The van der Waals surface area contributed by atoms with Crippen LogP contribution in [0.15, 0.2) is 18.2 Å². The number of rotatable bonds is 3. The third-order valence-electron chi connectivity index (χ3n) is 3.14. The summed E-state index contributed by atoms with van der Waals surface area (Å²) in [5, 5.41) is 4.03. The molecule has 110 valence electrons. The number of carbonyl (C=O) groups is 1. The molecule has 1 aliphatic heterocycles. The zero-order valence-electron chi connectivity index (χ0n) is 11.5. The smallest absolute Gasteiger partial charge is 0.242 e. The minimum absolute atomic E-state index is 0.0538. The predicted molar refractivity (Wildman–Crippen MR) is 81.5 cm³/mol. The van der Waals surface area contributed by atoms with Gasteiger partial charge in [-0.3, -0.25) is 4.79 Å². The minimum Gasteiger partial charge on any atom is -0.376 e. The monoisotopic (exact) mass is 316 g/mol. The van der Waals surface area contributed by atoms with Gasteiger partial charge in [0.1, 0.15) is 0 Å². The van der Waals surface area contributed by atoms with Gasteiger partial charge in [0.05, 0.1) is 28.8 Å². The maximum atomic E-state index is 12.2. The maximum Gasteiger partial charge on any atom is 0.242 e. The molecule has 2 atom stereocenters. The van der Waals surface area contributed by atoms with Crippen molar-refractivity contribution < 1.29 is 9.53 Å². The lowest BCUT2D eigenvalue weighted by molar-refractivity contribution is -0.141. The van der Waals surface area contributed by atoms with Gasteiger partial charge in [-0.2, -0.15) is 0 Å². The topological polar surface area (TPSA) is 41.6 Å². The molecule has 1 amide bonds. The Morgan fingerprint density at radius 3 is 2.55 bits per heavy atom. The Balaban J connectivity index is 1.89. The second-order valence-electron chi connectivity index (χ2n) is 5.04. The number of nitrogens with zero attached hydrogens (tertiary/aromatic N) is 1. The highest BCUT2D eigenvalue weighted by molar-refractivity contribution is 6.42. The van der Waals surface area contributed by atoms with Gasteiger partial charge in [0.25, 0.3) is 0 Å². The van der Waals surface area contributed by atoms with E-state index in [9.17, 15) is 4.79 Å². The van der Waals surface area contributed by atoms with Gasteiger partial charge in [-0.1, -0.05) is 23.2 Å². The van der Waals surface area contributed by atoms with E-state index in [1.165, 1.54) is 0 Å². The Bertz CT molecular complexity index is 486. The van der Waals surface area contributed by atoms with Crippen LogP contribution in [-0.2, 0) is 9.53 Å². The number of nitrogens with one attached hydrogen (secondary N) is 1. The maximum absolute atomic E-state index is 12.2. The van der Waals surface area contributed by atoms with Gasteiger partial charge in [-0.25, -0.2) is 0 Å². The van der Waals surface area contributed by atoms with Crippen molar-refractivity contribution in [2.45, 2.75) is 26.1 Å². The molecule has 1 fully saturated rings. The first kappa shape index (κ1) is 15.4. The molecule has 1 aromatic carbocycles. The van der Waals surface area contributed by atoms with E-state index in [1.807, 2.05) is 18.7 Å². The Kier molecular flexibility index (Phi) is 5.13. The van der Waals surface area contributed by atoms with Gasteiger partial charge >= 0.3 is 0 Å². The molecule has 1 aliphatic rings. The molecular weight excluding hydrogens is 299 g/mol. The molecule has 0 saturated carbocycles. The predicted octanol–water partition coefficient (Wildman–Crippen LogP) is 3.04. The summed E-state index contributed by atoms with van der Waals surface area (Å²) in [6.45, 7) is 5.44. The SMILES string of the molecule is CC1CN(C(=O)CNc2ccc(Cl)c(Cl)c2)CC(C)O1. The molecule has 0 aliphatic carbocycles. The van der Waals surface area contributed by atoms with Crippen LogP contribution in [0.25, 0.3) is 0 Å². The molecule has 2 unspecified atom stereocenters. The first-order chi connectivity index (χ1) is 9.45. The lowest BCUT2D eigenvalue weighted by Gasteiger charge is -2.35. The second-order valence-corrected chi connectivity index (χ2v) is 5.85. The van der Waals surface area contributed by atoms with E-state index >= 15 is 0 Å². The van der Waals surface area contributed by atoms with E-state index in [0.29, 0.717) is 23.1 Å². The lowest BCUT2D eigenvalue weighted by Crippen LogP contribution is -2.49. The van der Waals surface area contributed by atoms with Gasteiger partial charge in [-0.15, -0.1) is 0 Å². The van der Waals surface area contributed by atoms with Crippen molar-refractivity contribution in [1.82, 2.24) is 4.90 Å². The van der Waals surface area contributed by atoms with Crippen LogP contribution in [0.3, 0.4) is 0 Å². The molecular formula is C14H18Cl2N2O2. The third kappa shape index (κ3) is 4.01. The molecule has 1 N–H and O–H groups in total. The lowest BCUT2D eigenvalue weighted by atomic mass is 10.2. The number of hydrogen-bond acceptors (Lipinski definition) is 3.